The van der Waals surface area contributed by atoms with E-state index in [2.05, 4.69) is 9.88 Å². The molecule has 0 bridgehead atoms. The highest BCUT2D eigenvalue weighted by molar-refractivity contribution is 5.97. The van der Waals surface area contributed by atoms with Crippen LogP contribution < -0.4 is 10.2 Å². The number of benzene rings is 2. The zero-order valence-electron chi connectivity index (χ0n) is 17.9. The lowest BCUT2D eigenvalue weighted by molar-refractivity contribution is -0.908. The van der Waals surface area contributed by atoms with Crippen LogP contribution in [-0.2, 0) is 4.74 Å². The fourth-order valence-electron chi connectivity index (χ4n) is 4.13. The Balaban J connectivity index is 1.53. The van der Waals surface area contributed by atoms with Crippen LogP contribution in [0.4, 0.5) is 4.39 Å². The van der Waals surface area contributed by atoms with Crippen molar-refractivity contribution in [2.75, 3.05) is 39.4 Å². The summed E-state index contributed by atoms with van der Waals surface area (Å²) in [5, 5.41) is 3.08. The van der Waals surface area contributed by atoms with Crippen molar-refractivity contribution in [3.63, 3.8) is 0 Å². The molecule has 0 aliphatic carbocycles. The van der Waals surface area contributed by atoms with Gasteiger partial charge in [0.25, 0.3) is 5.91 Å². The van der Waals surface area contributed by atoms with E-state index in [4.69, 9.17) is 4.74 Å². The fourth-order valence-corrected chi connectivity index (χ4v) is 4.13. The van der Waals surface area contributed by atoms with Crippen molar-refractivity contribution < 1.29 is 18.8 Å². The average molecular weight is 423 g/mol. The highest BCUT2D eigenvalue weighted by atomic mass is 19.1. The second-order valence-corrected chi connectivity index (χ2v) is 7.93. The predicted molar refractivity (Wildman–Crippen MR) is 119 cm³/mol. The van der Waals surface area contributed by atoms with Crippen LogP contribution in [0.3, 0.4) is 0 Å². The Labute approximate surface area is 182 Å². The van der Waals surface area contributed by atoms with Crippen molar-refractivity contribution in [1.29, 1.82) is 0 Å². The van der Waals surface area contributed by atoms with Gasteiger partial charge in [-0.1, -0.05) is 18.2 Å². The third-order valence-corrected chi connectivity index (χ3v) is 5.84. The summed E-state index contributed by atoms with van der Waals surface area (Å²) in [5.74, 6) is -0.355. The zero-order valence-corrected chi connectivity index (χ0v) is 17.9. The summed E-state index contributed by atoms with van der Waals surface area (Å²) in [6.45, 7) is 7.34. The lowest BCUT2D eigenvalue weighted by atomic mass is 10.1. The van der Waals surface area contributed by atoms with Gasteiger partial charge in [0.1, 0.15) is 18.9 Å². The molecule has 2 aromatic carbocycles. The monoisotopic (exact) mass is 422 g/mol. The SMILES string of the molecule is Cc1c(C(=O)NCCC[NH+]2CCOCC2)cc(-c2ccc(F)cc2)n1-c1ccccc1. The van der Waals surface area contributed by atoms with E-state index < -0.39 is 0 Å². The number of nitrogens with one attached hydrogen (secondary N) is 2. The number of hydrogen-bond acceptors (Lipinski definition) is 2. The Hall–Kier alpha value is -2.96. The first-order valence-electron chi connectivity index (χ1n) is 10.9. The molecular weight excluding hydrogens is 393 g/mol. The molecular formula is C25H29FN3O2+. The van der Waals surface area contributed by atoms with Gasteiger partial charge in [0.2, 0.25) is 0 Å². The predicted octanol–water partition coefficient (Wildman–Crippen LogP) is 2.63. The van der Waals surface area contributed by atoms with Gasteiger partial charge in [-0.05, 0) is 55.0 Å². The van der Waals surface area contributed by atoms with Gasteiger partial charge in [0, 0.05) is 24.3 Å². The number of hydrogen-bond donors (Lipinski definition) is 2. The number of morpholine rings is 1. The molecule has 2 heterocycles. The molecule has 1 fully saturated rings. The number of quaternary nitrogens is 1. The molecule has 1 aromatic heterocycles. The maximum atomic E-state index is 13.5. The second kappa shape index (κ2) is 9.90. The van der Waals surface area contributed by atoms with E-state index >= 15 is 0 Å². The average Bonchev–Trinajstić information content (AvgIpc) is 3.15. The van der Waals surface area contributed by atoms with Crippen LogP contribution in [0.5, 0.6) is 0 Å². The number of aromatic nitrogens is 1. The van der Waals surface area contributed by atoms with E-state index in [1.807, 2.05) is 43.3 Å². The van der Waals surface area contributed by atoms with Gasteiger partial charge < -0.3 is 19.5 Å². The summed E-state index contributed by atoms with van der Waals surface area (Å²) < 4.78 is 20.9. The number of carbonyl (C=O) groups excluding carboxylic acids is 1. The van der Waals surface area contributed by atoms with Crippen LogP contribution in [0.25, 0.3) is 16.9 Å². The fraction of sp³-hybridized carbons (Fsp3) is 0.320. The third-order valence-electron chi connectivity index (χ3n) is 5.84. The third kappa shape index (κ3) is 5.03. The molecule has 0 atom stereocenters. The van der Waals surface area contributed by atoms with Crippen LogP contribution in [-0.4, -0.2) is 49.9 Å². The number of carbonyl (C=O) groups is 1. The van der Waals surface area contributed by atoms with Gasteiger partial charge in [-0.15, -0.1) is 0 Å². The number of halogens is 1. The lowest BCUT2D eigenvalue weighted by Crippen LogP contribution is -3.14. The Morgan fingerprint density at radius 1 is 1.10 bits per heavy atom. The Kier molecular flexibility index (Phi) is 6.79. The normalized spacial score (nSPS) is 14.5. The zero-order chi connectivity index (χ0) is 21.6. The van der Waals surface area contributed by atoms with Crippen LogP contribution in [0.1, 0.15) is 22.5 Å². The molecule has 162 valence electrons. The molecule has 3 aromatic rings. The van der Waals surface area contributed by atoms with Crippen LogP contribution >= 0.6 is 0 Å². The highest BCUT2D eigenvalue weighted by Crippen LogP contribution is 2.29. The summed E-state index contributed by atoms with van der Waals surface area (Å²) in [6, 6.07) is 18.2. The van der Waals surface area contributed by atoms with E-state index in [1.165, 1.54) is 17.0 Å². The summed E-state index contributed by atoms with van der Waals surface area (Å²) in [5.41, 5.74) is 4.20. The minimum absolute atomic E-state index is 0.0764. The number of amides is 1. The second-order valence-electron chi connectivity index (χ2n) is 7.93. The molecule has 0 saturated carbocycles. The first-order valence-corrected chi connectivity index (χ1v) is 10.9. The molecule has 1 amide bonds. The van der Waals surface area contributed by atoms with Crippen molar-refractivity contribution in [3.8, 4) is 16.9 Å². The smallest absolute Gasteiger partial charge is 0.253 e. The summed E-state index contributed by atoms with van der Waals surface area (Å²) >= 11 is 0. The molecule has 5 nitrogen and oxygen atoms in total. The van der Waals surface area contributed by atoms with Crippen LogP contribution in [0.2, 0.25) is 0 Å². The minimum Gasteiger partial charge on any atom is -0.370 e. The molecule has 2 N–H and O–H groups in total. The topological polar surface area (TPSA) is 47.7 Å². The highest BCUT2D eigenvalue weighted by Gasteiger charge is 2.20. The minimum atomic E-state index is -0.279. The van der Waals surface area contributed by atoms with E-state index in [1.54, 1.807) is 12.1 Å². The molecule has 6 heteroatoms. The van der Waals surface area contributed by atoms with Gasteiger partial charge >= 0.3 is 0 Å². The quantitative estimate of drug-likeness (QED) is 0.575. The molecule has 4 rings (SSSR count). The van der Waals surface area contributed by atoms with Crippen molar-refractivity contribution >= 4 is 5.91 Å². The first-order chi connectivity index (χ1) is 15.1. The van der Waals surface area contributed by atoms with E-state index in [0.29, 0.717) is 12.1 Å². The maximum Gasteiger partial charge on any atom is 0.253 e. The summed E-state index contributed by atoms with van der Waals surface area (Å²) in [6.07, 6.45) is 0.935. The van der Waals surface area contributed by atoms with E-state index in [0.717, 1.165) is 61.9 Å². The molecule has 31 heavy (non-hydrogen) atoms. The number of nitrogens with zero attached hydrogens (tertiary/aromatic N) is 1. The Morgan fingerprint density at radius 2 is 1.81 bits per heavy atom. The van der Waals surface area contributed by atoms with Crippen molar-refractivity contribution in [2.24, 2.45) is 0 Å². The van der Waals surface area contributed by atoms with Gasteiger partial charge in [0.05, 0.1) is 31.0 Å². The van der Waals surface area contributed by atoms with Gasteiger partial charge in [-0.3, -0.25) is 4.79 Å². The first kappa shape index (κ1) is 21.3. The lowest BCUT2D eigenvalue weighted by Gasteiger charge is -2.23. The number of ether oxygens (including phenoxy) is 1. The van der Waals surface area contributed by atoms with E-state index in [9.17, 15) is 9.18 Å². The molecule has 0 radical (unpaired) electrons. The summed E-state index contributed by atoms with van der Waals surface area (Å²) in [7, 11) is 0. The van der Waals surface area contributed by atoms with Gasteiger partial charge in [-0.2, -0.15) is 0 Å². The van der Waals surface area contributed by atoms with Crippen LogP contribution in [0, 0.1) is 12.7 Å². The molecule has 1 aliphatic rings. The Bertz CT molecular complexity index is 1010. The van der Waals surface area contributed by atoms with Crippen molar-refractivity contribution in [2.45, 2.75) is 13.3 Å². The summed E-state index contributed by atoms with van der Waals surface area (Å²) in [4.78, 5) is 14.5. The maximum absolute atomic E-state index is 13.5. The number of rotatable bonds is 7. The standard InChI is InChI=1S/C25H28FN3O2/c1-19-23(25(30)27-12-5-13-28-14-16-31-17-15-28)18-24(20-8-10-21(26)11-9-20)29(19)22-6-3-2-4-7-22/h2-4,6-11,18H,5,12-17H2,1H3,(H,27,30)/p+1. The molecule has 0 spiro atoms. The Morgan fingerprint density at radius 3 is 2.52 bits per heavy atom. The van der Waals surface area contributed by atoms with Gasteiger partial charge in [0.15, 0.2) is 0 Å². The van der Waals surface area contributed by atoms with Crippen molar-refractivity contribution in [3.05, 3.63) is 77.7 Å². The number of para-hydroxylation sites is 1. The molecule has 1 saturated heterocycles. The molecule has 0 unspecified atom stereocenters. The largest absolute Gasteiger partial charge is 0.370 e. The van der Waals surface area contributed by atoms with Crippen LogP contribution in [0.15, 0.2) is 60.7 Å². The van der Waals surface area contributed by atoms with E-state index in [-0.39, 0.29) is 11.7 Å². The van der Waals surface area contributed by atoms with Crippen molar-refractivity contribution in [1.82, 2.24) is 9.88 Å². The van der Waals surface area contributed by atoms with Gasteiger partial charge in [-0.25, -0.2) is 4.39 Å². The molecule has 1 aliphatic heterocycles.